The number of halogens is 3. The van der Waals surface area contributed by atoms with Crippen LogP contribution in [-0.2, 0) is 19.9 Å². The quantitative estimate of drug-likeness (QED) is 0.759. The van der Waals surface area contributed by atoms with E-state index in [4.69, 9.17) is 0 Å². The van der Waals surface area contributed by atoms with Crippen LogP contribution < -0.4 is 4.72 Å². The van der Waals surface area contributed by atoms with E-state index in [9.17, 15) is 30.0 Å². The minimum Gasteiger partial charge on any atom is -0.224 e. The van der Waals surface area contributed by atoms with Gasteiger partial charge in [-0.25, -0.2) is 21.6 Å². The van der Waals surface area contributed by atoms with Gasteiger partial charge in [0, 0.05) is 12.0 Å². The first-order valence-corrected chi connectivity index (χ1v) is 10.3. The van der Waals surface area contributed by atoms with Gasteiger partial charge < -0.3 is 0 Å². The monoisotopic (exact) mass is 383 g/mol. The predicted molar refractivity (Wildman–Crippen MR) is 83.5 cm³/mol. The van der Waals surface area contributed by atoms with Crippen molar-refractivity contribution >= 4 is 19.9 Å². The Labute approximate surface area is 139 Å². The molecule has 10 heteroatoms. The van der Waals surface area contributed by atoms with Gasteiger partial charge in [0.15, 0.2) is 9.84 Å². The normalized spacial score (nSPS) is 12.5. The zero-order chi connectivity index (χ0) is 18.4. The molecule has 0 saturated heterocycles. The fourth-order valence-electron chi connectivity index (χ4n) is 1.64. The molecule has 0 spiro atoms. The molecule has 0 atom stereocenters. The Bertz CT molecular complexity index is 818. The van der Waals surface area contributed by atoms with Crippen molar-refractivity contribution in [3.63, 3.8) is 0 Å². The molecule has 0 amide bonds. The summed E-state index contributed by atoms with van der Waals surface area (Å²) in [5, 5.41) is 0. The third-order valence-electron chi connectivity index (χ3n) is 2.74. The van der Waals surface area contributed by atoms with Gasteiger partial charge in [-0.2, -0.15) is 13.2 Å². The maximum absolute atomic E-state index is 12.1. The standard InChI is InChI=1S/C14H16F3NO4S2/c1-23(19,20)18-10-2-4-12-5-7-13(8-6-12)24(21,22)11-3-9-14(15,16)17/h5-8,18H,3,9-11H2,1H3. The fourth-order valence-corrected chi connectivity index (χ4v) is 3.28. The molecule has 1 rings (SSSR count). The van der Waals surface area contributed by atoms with Crippen LogP contribution in [-0.4, -0.2) is 41.6 Å². The summed E-state index contributed by atoms with van der Waals surface area (Å²) in [6, 6.07) is 5.34. The number of alkyl halides is 3. The number of nitrogens with one attached hydrogen (secondary N) is 1. The van der Waals surface area contributed by atoms with Gasteiger partial charge in [-0.05, 0) is 30.7 Å². The number of rotatable bonds is 6. The molecule has 1 aromatic rings. The van der Waals surface area contributed by atoms with E-state index >= 15 is 0 Å². The maximum atomic E-state index is 12.1. The van der Waals surface area contributed by atoms with E-state index in [1.807, 2.05) is 0 Å². The van der Waals surface area contributed by atoms with Crippen molar-refractivity contribution in [1.29, 1.82) is 0 Å². The third-order valence-corrected chi connectivity index (χ3v) is 5.23. The van der Waals surface area contributed by atoms with E-state index in [0.29, 0.717) is 5.56 Å². The van der Waals surface area contributed by atoms with Crippen molar-refractivity contribution in [2.24, 2.45) is 0 Å². The minimum atomic E-state index is -4.38. The average Bonchev–Trinajstić information content (AvgIpc) is 2.41. The summed E-state index contributed by atoms with van der Waals surface area (Å²) in [6.07, 6.45) is -5.03. The summed E-state index contributed by atoms with van der Waals surface area (Å²) in [7, 11) is -7.12. The predicted octanol–water partition coefficient (Wildman–Crippen LogP) is 1.70. The first-order valence-electron chi connectivity index (χ1n) is 6.72. The van der Waals surface area contributed by atoms with Crippen molar-refractivity contribution in [1.82, 2.24) is 4.72 Å². The van der Waals surface area contributed by atoms with E-state index < -0.39 is 44.6 Å². The highest BCUT2D eigenvalue weighted by molar-refractivity contribution is 7.91. The Morgan fingerprint density at radius 3 is 2.17 bits per heavy atom. The van der Waals surface area contributed by atoms with Crippen LogP contribution in [0.3, 0.4) is 0 Å². The molecule has 0 fully saturated rings. The topological polar surface area (TPSA) is 80.3 Å². The van der Waals surface area contributed by atoms with E-state index in [0.717, 1.165) is 6.26 Å². The van der Waals surface area contributed by atoms with Crippen LogP contribution in [0.5, 0.6) is 0 Å². The van der Waals surface area contributed by atoms with Crippen LogP contribution in [0.15, 0.2) is 29.2 Å². The van der Waals surface area contributed by atoms with Crippen molar-refractivity contribution in [3.05, 3.63) is 29.8 Å². The average molecular weight is 383 g/mol. The molecule has 0 bridgehead atoms. The minimum absolute atomic E-state index is 0.0792. The highest BCUT2D eigenvalue weighted by Gasteiger charge is 2.27. The molecule has 0 aliphatic heterocycles. The first-order chi connectivity index (χ1) is 10.9. The lowest BCUT2D eigenvalue weighted by Gasteiger charge is -2.07. The molecule has 1 N–H and O–H groups in total. The summed E-state index contributed by atoms with van der Waals surface area (Å²) in [4.78, 5) is -0.0792. The van der Waals surface area contributed by atoms with Gasteiger partial charge in [0.25, 0.3) is 0 Å². The lowest BCUT2D eigenvalue weighted by atomic mass is 10.2. The van der Waals surface area contributed by atoms with Crippen molar-refractivity contribution < 1.29 is 30.0 Å². The number of hydrogen-bond acceptors (Lipinski definition) is 4. The molecule has 1 aromatic carbocycles. The Morgan fingerprint density at radius 1 is 1.08 bits per heavy atom. The Kier molecular flexibility index (Phi) is 6.83. The van der Waals surface area contributed by atoms with Crippen LogP contribution in [0, 0.1) is 11.8 Å². The van der Waals surface area contributed by atoms with Gasteiger partial charge in [0.05, 0.1) is 23.4 Å². The van der Waals surface area contributed by atoms with Gasteiger partial charge in [-0.1, -0.05) is 11.8 Å². The highest BCUT2D eigenvalue weighted by Crippen LogP contribution is 2.23. The van der Waals surface area contributed by atoms with E-state index in [2.05, 4.69) is 16.6 Å². The zero-order valence-corrected chi connectivity index (χ0v) is 14.4. The largest absolute Gasteiger partial charge is 0.389 e. The lowest BCUT2D eigenvalue weighted by molar-refractivity contribution is -0.134. The molecule has 0 heterocycles. The number of sulfonamides is 1. The maximum Gasteiger partial charge on any atom is 0.389 e. The van der Waals surface area contributed by atoms with Gasteiger partial charge in [-0.3, -0.25) is 0 Å². The van der Waals surface area contributed by atoms with Crippen molar-refractivity contribution in [2.45, 2.75) is 23.9 Å². The molecule has 24 heavy (non-hydrogen) atoms. The molecule has 0 unspecified atom stereocenters. The van der Waals surface area contributed by atoms with Gasteiger partial charge in [-0.15, -0.1) is 0 Å². The van der Waals surface area contributed by atoms with Crippen LogP contribution in [0.2, 0.25) is 0 Å². The van der Waals surface area contributed by atoms with Crippen LogP contribution in [0.25, 0.3) is 0 Å². The molecule has 0 radical (unpaired) electrons. The Hall–Kier alpha value is -1.57. The molecule has 0 aliphatic rings. The summed E-state index contributed by atoms with van der Waals surface area (Å²) < 4.78 is 83.8. The second-order valence-electron chi connectivity index (χ2n) is 4.96. The lowest BCUT2D eigenvalue weighted by Crippen LogP contribution is -2.21. The molecule has 134 valence electrons. The molecular weight excluding hydrogens is 367 g/mol. The van der Waals surface area contributed by atoms with E-state index in [-0.39, 0.29) is 11.4 Å². The second-order valence-corrected chi connectivity index (χ2v) is 8.90. The Morgan fingerprint density at radius 2 is 1.67 bits per heavy atom. The third kappa shape index (κ3) is 8.33. The van der Waals surface area contributed by atoms with E-state index in [1.165, 1.54) is 24.3 Å². The Balaban J connectivity index is 2.68. The van der Waals surface area contributed by atoms with Crippen LogP contribution in [0.4, 0.5) is 13.2 Å². The van der Waals surface area contributed by atoms with E-state index in [1.54, 1.807) is 0 Å². The van der Waals surface area contributed by atoms with Crippen LogP contribution in [0.1, 0.15) is 18.4 Å². The summed E-state index contributed by atoms with van der Waals surface area (Å²) in [5.74, 6) is 4.60. The van der Waals surface area contributed by atoms with Crippen LogP contribution >= 0.6 is 0 Å². The number of hydrogen-bond donors (Lipinski definition) is 1. The second kappa shape index (κ2) is 8.00. The molecule has 0 saturated carbocycles. The van der Waals surface area contributed by atoms with Crippen molar-refractivity contribution in [3.8, 4) is 11.8 Å². The fraction of sp³-hybridized carbons (Fsp3) is 0.429. The highest BCUT2D eigenvalue weighted by atomic mass is 32.2. The zero-order valence-electron chi connectivity index (χ0n) is 12.7. The summed E-state index contributed by atoms with van der Waals surface area (Å²) >= 11 is 0. The summed E-state index contributed by atoms with van der Waals surface area (Å²) in [5.41, 5.74) is 0.458. The smallest absolute Gasteiger partial charge is 0.224 e. The summed E-state index contributed by atoms with van der Waals surface area (Å²) in [6.45, 7) is -0.0870. The number of sulfone groups is 1. The first kappa shape index (κ1) is 20.5. The van der Waals surface area contributed by atoms with Gasteiger partial charge in [0.1, 0.15) is 0 Å². The molecule has 5 nitrogen and oxygen atoms in total. The number of benzene rings is 1. The molecule has 0 aliphatic carbocycles. The molecule has 0 aromatic heterocycles. The van der Waals surface area contributed by atoms with Gasteiger partial charge in [0.2, 0.25) is 10.0 Å². The van der Waals surface area contributed by atoms with Gasteiger partial charge >= 0.3 is 6.18 Å². The van der Waals surface area contributed by atoms with Crippen molar-refractivity contribution in [2.75, 3.05) is 18.6 Å². The SMILES string of the molecule is CS(=O)(=O)NCC#Cc1ccc(S(=O)(=O)CCCC(F)(F)F)cc1. The molecular formula is C14H16F3NO4S2.